The van der Waals surface area contributed by atoms with E-state index in [0.717, 1.165) is 39.1 Å². The molecule has 2 aromatic rings. The summed E-state index contributed by atoms with van der Waals surface area (Å²) in [5.41, 5.74) is 7.72. The third-order valence-electron chi connectivity index (χ3n) is 5.86. The number of aromatic nitrogens is 1. The third-order valence-corrected chi connectivity index (χ3v) is 5.86. The zero-order valence-electron chi connectivity index (χ0n) is 18.6. The molecule has 0 bridgehead atoms. The molecule has 0 unspecified atom stereocenters. The number of anilines is 2. The van der Waals surface area contributed by atoms with Crippen molar-refractivity contribution in [1.82, 2.24) is 9.88 Å². The second-order valence-electron chi connectivity index (χ2n) is 7.73. The van der Waals surface area contributed by atoms with Crippen LogP contribution in [-0.4, -0.2) is 48.5 Å². The molecule has 0 saturated carbocycles. The first-order valence-corrected chi connectivity index (χ1v) is 11.0. The van der Waals surface area contributed by atoms with Crippen molar-refractivity contribution >= 4 is 23.2 Å². The number of nitriles is 1. The molecular formula is C24H29N7O. The maximum atomic E-state index is 12.3. The molecule has 3 N–H and O–H groups in total. The predicted molar refractivity (Wildman–Crippen MR) is 126 cm³/mol. The maximum absolute atomic E-state index is 12.3. The van der Waals surface area contributed by atoms with E-state index in [1.807, 2.05) is 25.1 Å². The van der Waals surface area contributed by atoms with Crippen LogP contribution in [0, 0.1) is 17.9 Å². The average molecular weight is 432 g/mol. The number of rotatable bonds is 7. The van der Waals surface area contributed by atoms with Gasteiger partial charge in [-0.15, -0.1) is 0 Å². The number of nitrogens with zero attached hydrogens (tertiary/aromatic N) is 5. The molecule has 0 radical (unpaired) electrons. The van der Waals surface area contributed by atoms with E-state index in [0.29, 0.717) is 29.1 Å². The number of likely N-dealkylation sites (N-methyl/N-ethyl adjacent to an activating group) is 1. The summed E-state index contributed by atoms with van der Waals surface area (Å²) in [6.45, 7) is 16.3. The van der Waals surface area contributed by atoms with Gasteiger partial charge in [-0.3, -0.25) is 4.79 Å². The van der Waals surface area contributed by atoms with Crippen LogP contribution in [0.25, 0.3) is 4.85 Å². The molecule has 2 heterocycles. The van der Waals surface area contributed by atoms with Gasteiger partial charge < -0.3 is 20.9 Å². The summed E-state index contributed by atoms with van der Waals surface area (Å²) >= 11 is 0. The van der Waals surface area contributed by atoms with Crippen LogP contribution in [0.15, 0.2) is 30.3 Å². The maximum Gasteiger partial charge on any atom is 0.244 e. The van der Waals surface area contributed by atoms with Gasteiger partial charge in [-0.05, 0) is 37.1 Å². The molecule has 3 rings (SSSR count). The molecule has 1 atom stereocenters. The van der Waals surface area contributed by atoms with E-state index in [9.17, 15) is 10.1 Å². The fourth-order valence-corrected chi connectivity index (χ4v) is 4.12. The molecule has 8 heteroatoms. The monoisotopic (exact) mass is 431 g/mol. The number of hydrogen-bond acceptors (Lipinski definition) is 6. The SMILES string of the molecule is [C-]#[N+]c1c(N2CCCN(CC)CC2)nc(N[C@@H](C(N)=O)c2ccccc2)c(C#N)c1CC. The minimum absolute atomic E-state index is 0.287. The molecule has 1 aromatic carbocycles. The molecular weight excluding hydrogens is 402 g/mol. The highest BCUT2D eigenvalue weighted by Gasteiger charge is 2.27. The lowest BCUT2D eigenvalue weighted by Gasteiger charge is -2.27. The summed E-state index contributed by atoms with van der Waals surface area (Å²) in [5.74, 6) is 0.285. The van der Waals surface area contributed by atoms with Crippen LogP contribution >= 0.6 is 0 Å². The molecule has 1 aliphatic heterocycles. The van der Waals surface area contributed by atoms with Crippen molar-refractivity contribution in [3.63, 3.8) is 0 Å². The Morgan fingerprint density at radius 2 is 2.03 bits per heavy atom. The summed E-state index contributed by atoms with van der Waals surface area (Å²) < 4.78 is 0. The molecule has 0 spiro atoms. The number of nitrogens with one attached hydrogen (secondary N) is 1. The Kier molecular flexibility index (Phi) is 7.64. The molecule has 0 aliphatic carbocycles. The first-order chi connectivity index (χ1) is 15.5. The highest BCUT2D eigenvalue weighted by molar-refractivity contribution is 5.86. The summed E-state index contributed by atoms with van der Waals surface area (Å²) in [4.78, 5) is 25.3. The number of carbonyl (C=O) groups is 1. The molecule has 166 valence electrons. The fourth-order valence-electron chi connectivity index (χ4n) is 4.12. The zero-order chi connectivity index (χ0) is 23.1. The van der Waals surface area contributed by atoms with Crippen molar-refractivity contribution in [2.24, 2.45) is 5.73 Å². The van der Waals surface area contributed by atoms with Crippen LogP contribution in [0.2, 0.25) is 0 Å². The van der Waals surface area contributed by atoms with Gasteiger partial charge in [0.1, 0.15) is 23.7 Å². The summed E-state index contributed by atoms with van der Waals surface area (Å²) in [7, 11) is 0. The number of hydrogen-bond donors (Lipinski definition) is 2. The second kappa shape index (κ2) is 10.6. The van der Waals surface area contributed by atoms with Crippen LogP contribution in [0.1, 0.15) is 43.0 Å². The third kappa shape index (κ3) is 4.82. The molecule has 1 saturated heterocycles. The number of benzene rings is 1. The van der Waals surface area contributed by atoms with Crippen LogP contribution in [0.3, 0.4) is 0 Å². The number of carbonyl (C=O) groups excluding carboxylic acids is 1. The molecule has 1 amide bonds. The number of pyridine rings is 1. The standard InChI is InChI=1S/C24H29N7O/c1-4-18-19(16-25)23(28-20(22(26)32)17-10-7-6-8-11-17)29-24(21(18)27-3)31-13-9-12-30(5-2)14-15-31/h6-8,10-11,20H,4-5,9,12-15H2,1-2H3,(H2,26,32)(H,28,29)/t20-/m1/s1. The van der Waals surface area contributed by atoms with Gasteiger partial charge in [0, 0.05) is 19.6 Å². The highest BCUT2D eigenvalue weighted by Crippen LogP contribution is 2.38. The Morgan fingerprint density at radius 1 is 1.28 bits per heavy atom. The van der Waals surface area contributed by atoms with Gasteiger partial charge in [0.2, 0.25) is 11.6 Å². The summed E-state index contributed by atoms with van der Waals surface area (Å²) in [6.07, 6.45) is 1.47. The lowest BCUT2D eigenvalue weighted by molar-refractivity contribution is -0.118. The quantitative estimate of drug-likeness (QED) is 0.653. The lowest BCUT2D eigenvalue weighted by Crippen LogP contribution is -2.32. The lowest BCUT2D eigenvalue weighted by atomic mass is 10.0. The Labute approximate surface area is 189 Å². The first-order valence-electron chi connectivity index (χ1n) is 11.0. The van der Waals surface area contributed by atoms with E-state index in [1.54, 1.807) is 12.1 Å². The van der Waals surface area contributed by atoms with Gasteiger partial charge in [-0.25, -0.2) is 9.83 Å². The van der Waals surface area contributed by atoms with Gasteiger partial charge in [-0.1, -0.05) is 44.2 Å². The zero-order valence-corrected chi connectivity index (χ0v) is 18.6. The Hall–Kier alpha value is -3.62. The Bertz CT molecular complexity index is 1040. The van der Waals surface area contributed by atoms with Crippen molar-refractivity contribution in [3.8, 4) is 6.07 Å². The molecule has 1 aromatic heterocycles. The van der Waals surface area contributed by atoms with E-state index in [4.69, 9.17) is 17.3 Å². The number of nitrogens with two attached hydrogens (primary N) is 1. The van der Waals surface area contributed by atoms with E-state index in [-0.39, 0.29) is 11.4 Å². The summed E-state index contributed by atoms with van der Waals surface area (Å²) in [6, 6.07) is 10.5. The van der Waals surface area contributed by atoms with Crippen LogP contribution in [-0.2, 0) is 11.2 Å². The smallest absolute Gasteiger partial charge is 0.244 e. The van der Waals surface area contributed by atoms with Gasteiger partial charge in [0.05, 0.1) is 12.1 Å². The fraction of sp³-hybridized carbons (Fsp3) is 0.417. The predicted octanol–water partition coefficient (Wildman–Crippen LogP) is 3.24. The van der Waals surface area contributed by atoms with Crippen LogP contribution in [0.5, 0.6) is 0 Å². The van der Waals surface area contributed by atoms with Crippen molar-refractivity contribution < 1.29 is 4.79 Å². The van der Waals surface area contributed by atoms with E-state index in [2.05, 4.69) is 33.0 Å². The van der Waals surface area contributed by atoms with Crippen LogP contribution < -0.4 is 16.0 Å². The molecule has 1 fully saturated rings. The summed E-state index contributed by atoms with van der Waals surface area (Å²) in [5, 5.41) is 13.0. The minimum atomic E-state index is -0.841. The second-order valence-corrected chi connectivity index (χ2v) is 7.73. The highest BCUT2D eigenvalue weighted by atomic mass is 16.1. The van der Waals surface area contributed by atoms with Crippen molar-refractivity contribution in [3.05, 3.63) is 58.4 Å². The molecule has 1 aliphatic rings. The van der Waals surface area contributed by atoms with Gasteiger partial charge in [0.25, 0.3) is 0 Å². The van der Waals surface area contributed by atoms with Crippen molar-refractivity contribution in [2.75, 3.05) is 42.9 Å². The van der Waals surface area contributed by atoms with Gasteiger partial charge >= 0.3 is 0 Å². The number of amides is 1. The first kappa shape index (κ1) is 23.1. The number of primary amides is 1. The topological polar surface area (TPSA) is 103 Å². The van der Waals surface area contributed by atoms with Gasteiger partial charge in [0.15, 0.2) is 0 Å². The van der Waals surface area contributed by atoms with E-state index in [1.165, 1.54) is 0 Å². The van der Waals surface area contributed by atoms with Crippen molar-refractivity contribution in [2.45, 2.75) is 32.7 Å². The Balaban J connectivity index is 2.09. The van der Waals surface area contributed by atoms with Crippen LogP contribution in [0.4, 0.5) is 17.3 Å². The molecule has 32 heavy (non-hydrogen) atoms. The Morgan fingerprint density at radius 3 is 2.62 bits per heavy atom. The minimum Gasteiger partial charge on any atom is -0.368 e. The normalized spacial score (nSPS) is 15.3. The largest absolute Gasteiger partial charge is 0.368 e. The van der Waals surface area contributed by atoms with E-state index >= 15 is 0 Å². The van der Waals surface area contributed by atoms with Gasteiger partial charge in [-0.2, -0.15) is 5.26 Å². The van der Waals surface area contributed by atoms with E-state index < -0.39 is 11.9 Å². The average Bonchev–Trinajstić information content (AvgIpc) is 3.07. The van der Waals surface area contributed by atoms with Crippen molar-refractivity contribution in [1.29, 1.82) is 5.26 Å². The molecule has 8 nitrogen and oxygen atoms in total.